The van der Waals surface area contributed by atoms with Crippen LogP contribution < -0.4 is 42.6 Å². The molecule has 19 heteroatoms. The van der Waals surface area contributed by atoms with Gasteiger partial charge in [-0.2, -0.15) is 20.4 Å². The fourth-order valence-corrected chi connectivity index (χ4v) is 8.58. The SMILES string of the molecule is Cn1/c(=N/N)sc2ccccc21.Cn1/c(=N/N)sc2ccccc21.Cn1/c(=N/N)sc2ccccc21.Cn1/c(=N/N)sc2ccccc21.[Cl][Rh][Cl]. The van der Waals surface area contributed by atoms with Gasteiger partial charge in [-0.3, -0.25) is 0 Å². The molecule has 0 saturated carbocycles. The van der Waals surface area contributed by atoms with Crippen LogP contribution in [0.15, 0.2) is 117 Å². The summed E-state index contributed by atoms with van der Waals surface area (Å²) in [6.45, 7) is 0. The molecule has 0 aliphatic heterocycles. The molecule has 51 heavy (non-hydrogen) atoms. The Morgan fingerprint density at radius 1 is 0.412 bits per heavy atom. The van der Waals surface area contributed by atoms with Gasteiger partial charge in [-0.05, 0) is 48.5 Å². The summed E-state index contributed by atoms with van der Waals surface area (Å²) in [4.78, 5) is 3.37. The second kappa shape index (κ2) is 19.6. The molecule has 271 valence electrons. The standard InChI is InChI=1S/4C8H9N3S.2ClH.Rh/c4*1-11-6-4-2-3-5-7(6)12-8(11)10-9;;;/h4*2-5H,9H2,1H3;2*1H;/q;;;;;;+2/p-2/b4*10-8-;;;. The summed E-state index contributed by atoms with van der Waals surface area (Å²) in [5, 5.41) is 14.8. The van der Waals surface area contributed by atoms with Crippen molar-refractivity contribution < 1.29 is 15.1 Å². The predicted molar refractivity (Wildman–Crippen MR) is 214 cm³/mol. The number of hydrogen-bond acceptors (Lipinski definition) is 12. The van der Waals surface area contributed by atoms with Crippen molar-refractivity contribution >= 4 is 106 Å². The van der Waals surface area contributed by atoms with Gasteiger partial charge in [-0.25, -0.2) is 0 Å². The van der Waals surface area contributed by atoms with Crippen LogP contribution in [-0.2, 0) is 43.3 Å². The summed E-state index contributed by atoms with van der Waals surface area (Å²) in [6.07, 6.45) is 0. The van der Waals surface area contributed by atoms with Gasteiger partial charge in [0.2, 0.25) is 19.2 Å². The minimum atomic E-state index is -0.226. The number of halogens is 2. The molecule has 0 aliphatic carbocycles. The number of fused-ring (bicyclic) bond motifs is 4. The Morgan fingerprint density at radius 2 is 0.588 bits per heavy atom. The Balaban J connectivity index is 0.000000148. The molecule has 8 N–H and O–H groups in total. The molecule has 4 heterocycles. The Hall–Kier alpha value is -3.96. The van der Waals surface area contributed by atoms with E-state index in [1.165, 1.54) is 40.9 Å². The number of benzene rings is 4. The van der Waals surface area contributed by atoms with E-state index in [1.807, 2.05) is 95.0 Å². The molecular formula is C32H36Cl2N12RhS4. The van der Waals surface area contributed by atoms with Crippen LogP contribution in [0.5, 0.6) is 0 Å². The van der Waals surface area contributed by atoms with Crippen molar-refractivity contribution in [2.45, 2.75) is 0 Å². The van der Waals surface area contributed by atoms with E-state index in [-0.39, 0.29) is 15.1 Å². The number of thiazole rings is 4. The first-order valence-corrected chi connectivity index (χ1v) is 22.2. The van der Waals surface area contributed by atoms with Gasteiger partial charge >= 0.3 is 34.5 Å². The molecule has 0 bridgehead atoms. The van der Waals surface area contributed by atoms with Crippen LogP contribution in [0.4, 0.5) is 0 Å². The van der Waals surface area contributed by atoms with Gasteiger partial charge in [-0.1, -0.05) is 93.9 Å². The van der Waals surface area contributed by atoms with E-state index >= 15 is 0 Å². The number of aromatic nitrogens is 4. The molecule has 0 aliphatic rings. The van der Waals surface area contributed by atoms with Crippen molar-refractivity contribution in [2.24, 2.45) is 72.0 Å². The normalized spacial score (nSPS) is 12.3. The van der Waals surface area contributed by atoms with E-state index in [0.29, 0.717) is 0 Å². The number of rotatable bonds is 0. The summed E-state index contributed by atoms with van der Waals surface area (Å²) < 4.78 is 12.8. The average Bonchev–Trinajstić information content (AvgIpc) is 3.89. The molecule has 8 rings (SSSR count). The monoisotopic (exact) mass is 889 g/mol. The van der Waals surface area contributed by atoms with Gasteiger partial charge in [0.25, 0.3) is 0 Å². The Labute approximate surface area is 324 Å². The van der Waals surface area contributed by atoms with Crippen molar-refractivity contribution in [3.63, 3.8) is 0 Å². The second-order valence-corrected chi connectivity index (χ2v) is 16.7. The summed E-state index contributed by atoms with van der Waals surface area (Å²) in [7, 11) is 17.5. The van der Waals surface area contributed by atoms with Crippen LogP contribution >= 0.6 is 64.7 Å². The molecule has 8 aromatic rings. The maximum absolute atomic E-state index is 5.23. The second-order valence-electron chi connectivity index (χ2n) is 10.2. The van der Waals surface area contributed by atoms with Crippen molar-refractivity contribution in [2.75, 3.05) is 0 Å². The van der Waals surface area contributed by atoms with Gasteiger partial charge in [0.1, 0.15) is 0 Å². The van der Waals surface area contributed by atoms with E-state index in [9.17, 15) is 0 Å². The van der Waals surface area contributed by atoms with Gasteiger partial charge in [-0.15, -0.1) is 0 Å². The average molecular weight is 891 g/mol. The molecule has 0 spiro atoms. The van der Waals surface area contributed by atoms with E-state index in [4.69, 9.17) is 42.8 Å². The molecular weight excluding hydrogens is 855 g/mol. The maximum atomic E-state index is 5.23. The molecule has 4 aromatic carbocycles. The molecule has 4 aromatic heterocycles. The molecule has 0 amide bonds. The number of nitrogens with two attached hydrogens (primary N) is 4. The molecule has 0 saturated heterocycles. The van der Waals surface area contributed by atoms with Crippen molar-refractivity contribution in [3.8, 4) is 0 Å². The van der Waals surface area contributed by atoms with E-state index < -0.39 is 0 Å². The van der Waals surface area contributed by atoms with Crippen LogP contribution in [0.25, 0.3) is 40.9 Å². The Bertz CT molecular complexity index is 2260. The van der Waals surface area contributed by atoms with Gasteiger partial charge in [0.15, 0.2) is 0 Å². The third-order valence-electron chi connectivity index (χ3n) is 7.30. The zero-order valence-corrected chi connectivity index (χ0v) is 34.3. The third kappa shape index (κ3) is 9.68. The molecule has 0 radical (unpaired) electrons. The van der Waals surface area contributed by atoms with Gasteiger partial charge in [0.05, 0.1) is 40.9 Å². The quantitative estimate of drug-likeness (QED) is 0.0904. The predicted octanol–water partition coefficient (Wildman–Crippen LogP) is 5.43. The fraction of sp³-hybridized carbons (Fsp3) is 0.125. The molecule has 12 nitrogen and oxygen atoms in total. The van der Waals surface area contributed by atoms with Gasteiger partial charge < -0.3 is 41.6 Å². The molecule has 0 unspecified atom stereocenters. The molecule has 0 atom stereocenters. The number of para-hydroxylation sites is 4. The van der Waals surface area contributed by atoms with Crippen LogP contribution in [0.3, 0.4) is 0 Å². The van der Waals surface area contributed by atoms with E-state index in [0.717, 1.165) is 19.2 Å². The minimum absolute atomic E-state index is 0.226. The zero-order valence-electron chi connectivity index (χ0n) is 27.8. The van der Waals surface area contributed by atoms with Crippen LogP contribution in [0, 0.1) is 0 Å². The van der Waals surface area contributed by atoms with Crippen molar-refractivity contribution in [1.29, 1.82) is 0 Å². The summed E-state index contributed by atoms with van der Waals surface area (Å²) >= 11 is 6.16. The van der Waals surface area contributed by atoms with Gasteiger partial charge in [0, 0.05) is 28.2 Å². The first kappa shape index (κ1) is 39.8. The number of nitrogens with zero attached hydrogens (tertiary/aromatic N) is 8. The third-order valence-corrected chi connectivity index (χ3v) is 11.8. The Morgan fingerprint density at radius 3 is 0.745 bits per heavy atom. The fourth-order valence-electron chi connectivity index (χ4n) is 4.81. The van der Waals surface area contributed by atoms with Crippen LogP contribution in [-0.4, -0.2) is 18.3 Å². The van der Waals surface area contributed by atoms with E-state index in [1.54, 1.807) is 45.3 Å². The summed E-state index contributed by atoms with van der Waals surface area (Å²) in [5.41, 5.74) is 4.69. The number of aryl methyl sites for hydroxylation is 4. The number of hydrogen-bond donors (Lipinski definition) is 4. The van der Waals surface area contributed by atoms with Crippen LogP contribution in [0.1, 0.15) is 0 Å². The van der Waals surface area contributed by atoms with Crippen LogP contribution in [0.2, 0.25) is 0 Å². The topological polar surface area (TPSA) is 173 Å². The van der Waals surface area contributed by atoms with E-state index in [2.05, 4.69) is 68.9 Å². The first-order chi connectivity index (χ1) is 24.7. The summed E-state index contributed by atoms with van der Waals surface area (Å²) in [6, 6.07) is 32.6. The van der Waals surface area contributed by atoms with Crippen molar-refractivity contribution in [1.82, 2.24) is 18.3 Å². The molecule has 0 fully saturated rings. The zero-order chi connectivity index (χ0) is 36.9. The summed E-state index contributed by atoms with van der Waals surface area (Å²) in [5.74, 6) is 20.9. The van der Waals surface area contributed by atoms with Crippen molar-refractivity contribution in [3.05, 3.63) is 116 Å². The Kier molecular flexibility index (Phi) is 15.3. The first-order valence-electron chi connectivity index (χ1n) is 14.7.